The minimum atomic E-state index is -1.02. The Balaban J connectivity index is 1.59. The van der Waals surface area contributed by atoms with Crippen LogP contribution in [-0.2, 0) is 5.41 Å². The molecule has 2 heterocycles. The molecule has 1 aliphatic rings. The van der Waals surface area contributed by atoms with Crippen molar-refractivity contribution in [3.05, 3.63) is 66.2 Å². The number of hydrogen-bond acceptors (Lipinski definition) is 6. The molecule has 4 rings (SSSR count). The highest BCUT2D eigenvalue weighted by atomic mass is 16.4. The van der Waals surface area contributed by atoms with Crippen molar-refractivity contribution in [2.45, 2.75) is 18.3 Å². The van der Waals surface area contributed by atoms with Gasteiger partial charge in [-0.1, -0.05) is 42.5 Å². The van der Waals surface area contributed by atoms with Gasteiger partial charge in [-0.2, -0.15) is 0 Å². The summed E-state index contributed by atoms with van der Waals surface area (Å²) < 4.78 is 0. The molecule has 3 aromatic rings. The fraction of sp³-hybridized carbons (Fsp3) is 0.261. The molecule has 0 radical (unpaired) electrons. The number of nitrogen functional groups attached to an aromatic ring is 1. The predicted molar refractivity (Wildman–Crippen MR) is 119 cm³/mol. The zero-order chi connectivity index (χ0) is 21.8. The van der Waals surface area contributed by atoms with E-state index in [4.69, 9.17) is 10.8 Å². The summed E-state index contributed by atoms with van der Waals surface area (Å²) in [7, 11) is 0. The van der Waals surface area contributed by atoms with Crippen LogP contribution >= 0.6 is 0 Å². The predicted octanol–water partition coefficient (Wildman–Crippen LogP) is 3.24. The largest absolute Gasteiger partial charge is 0.507 e. The van der Waals surface area contributed by atoms with Gasteiger partial charge >= 0.3 is 6.09 Å². The number of anilines is 2. The van der Waals surface area contributed by atoms with Gasteiger partial charge in [0.1, 0.15) is 5.75 Å². The molecule has 0 unspecified atom stereocenters. The molecule has 0 bridgehead atoms. The number of piperidine rings is 1. The third-order valence-corrected chi connectivity index (χ3v) is 6.01. The molecule has 1 saturated heterocycles. The van der Waals surface area contributed by atoms with E-state index in [1.54, 1.807) is 18.2 Å². The van der Waals surface area contributed by atoms with E-state index in [0.717, 1.165) is 24.1 Å². The number of nitrogens with one attached hydrogen (secondary N) is 1. The monoisotopic (exact) mass is 419 g/mol. The van der Waals surface area contributed by atoms with E-state index < -0.39 is 6.09 Å². The second kappa shape index (κ2) is 8.51. The molecule has 0 atom stereocenters. The van der Waals surface area contributed by atoms with Gasteiger partial charge in [0.15, 0.2) is 5.82 Å². The summed E-state index contributed by atoms with van der Waals surface area (Å²) in [5.41, 5.74) is 8.89. The van der Waals surface area contributed by atoms with Crippen LogP contribution in [0.3, 0.4) is 0 Å². The topological polar surface area (TPSA) is 125 Å². The van der Waals surface area contributed by atoms with Crippen LogP contribution in [0.25, 0.3) is 11.3 Å². The Kier molecular flexibility index (Phi) is 5.62. The molecule has 1 fully saturated rings. The van der Waals surface area contributed by atoms with E-state index >= 15 is 0 Å². The number of carboxylic acid groups (broad SMARTS) is 1. The summed E-state index contributed by atoms with van der Waals surface area (Å²) in [5.74, 6) is 0.462. The van der Waals surface area contributed by atoms with Gasteiger partial charge in [-0.15, -0.1) is 10.2 Å². The fourth-order valence-corrected chi connectivity index (χ4v) is 4.25. The smallest absolute Gasteiger partial charge is 0.404 e. The highest BCUT2D eigenvalue weighted by molar-refractivity contribution is 5.74. The van der Waals surface area contributed by atoms with Gasteiger partial charge in [-0.25, -0.2) is 4.79 Å². The first-order valence-corrected chi connectivity index (χ1v) is 10.2. The number of carbonyl (C=O) groups is 1. The Morgan fingerprint density at radius 2 is 1.74 bits per heavy atom. The SMILES string of the molecule is Nc1nnc(-c2ccccc2O)cc1N1CCC(CNC(=O)O)(c2ccccc2)CC1. The van der Waals surface area contributed by atoms with Crippen molar-refractivity contribution < 1.29 is 15.0 Å². The summed E-state index contributed by atoms with van der Waals surface area (Å²) >= 11 is 0. The van der Waals surface area contributed by atoms with Crippen molar-refractivity contribution >= 4 is 17.6 Å². The van der Waals surface area contributed by atoms with Gasteiger partial charge < -0.3 is 26.2 Å². The molecule has 0 saturated carbocycles. The molecule has 160 valence electrons. The molecular weight excluding hydrogens is 394 g/mol. The lowest BCUT2D eigenvalue weighted by molar-refractivity contribution is 0.188. The van der Waals surface area contributed by atoms with Gasteiger partial charge in [0, 0.05) is 30.6 Å². The molecular formula is C23H25N5O3. The van der Waals surface area contributed by atoms with Crippen LogP contribution in [0.1, 0.15) is 18.4 Å². The van der Waals surface area contributed by atoms with Crippen molar-refractivity contribution in [1.29, 1.82) is 0 Å². The minimum absolute atomic E-state index is 0.133. The average Bonchev–Trinajstić information content (AvgIpc) is 2.80. The number of benzene rings is 2. The van der Waals surface area contributed by atoms with Crippen molar-refractivity contribution in [2.75, 3.05) is 30.3 Å². The molecule has 1 aliphatic heterocycles. The van der Waals surface area contributed by atoms with Gasteiger partial charge in [0.25, 0.3) is 0 Å². The Morgan fingerprint density at radius 1 is 1.06 bits per heavy atom. The summed E-state index contributed by atoms with van der Waals surface area (Å²) in [6.07, 6.45) is 0.489. The maximum atomic E-state index is 11.2. The number of aromatic nitrogens is 2. The van der Waals surface area contributed by atoms with E-state index in [2.05, 4.69) is 32.5 Å². The summed E-state index contributed by atoms with van der Waals surface area (Å²) in [6.45, 7) is 1.73. The lowest BCUT2D eigenvalue weighted by Gasteiger charge is -2.43. The molecule has 0 aliphatic carbocycles. The van der Waals surface area contributed by atoms with E-state index in [1.165, 1.54) is 0 Å². The van der Waals surface area contributed by atoms with Crippen LogP contribution in [0.5, 0.6) is 5.75 Å². The highest BCUT2D eigenvalue weighted by Crippen LogP contribution is 2.38. The number of rotatable bonds is 5. The van der Waals surface area contributed by atoms with Crippen LogP contribution in [0.2, 0.25) is 0 Å². The molecule has 0 spiro atoms. The number of phenolic OH excluding ortho intramolecular Hbond substituents is 1. The van der Waals surface area contributed by atoms with E-state index in [9.17, 15) is 9.90 Å². The standard InChI is InChI=1S/C23H25N5O3/c24-21-19(14-18(26-27-21)17-8-4-5-9-20(17)29)28-12-10-23(11-13-28,15-25-22(30)31)16-6-2-1-3-7-16/h1-9,14,25,29H,10-13,15H2,(H2,24,27)(H,30,31). The lowest BCUT2D eigenvalue weighted by atomic mass is 9.72. The fourth-order valence-electron chi connectivity index (χ4n) is 4.25. The first kappa shape index (κ1) is 20.5. The number of amides is 1. The summed E-state index contributed by atoms with van der Waals surface area (Å²) in [6, 6.07) is 18.9. The summed E-state index contributed by atoms with van der Waals surface area (Å²) in [5, 5.41) is 30.2. The lowest BCUT2D eigenvalue weighted by Crippen LogP contribution is -2.49. The Labute approximate surface area is 180 Å². The Morgan fingerprint density at radius 3 is 2.42 bits per heavy atom. The van der Waals surface area contributed by atoms with Crippen LogP contribution < -0.4 is 16.0 Å². The molecule has 8 nitrogen and oxygen atoms in total. The second-order valence-electron chi connectivity index (χ2n) is 7.81. The maximum absolute atomic E-state index is 11.2. The average molecular weight is 419 g/mol. The highest BCUT2D eigenvalue weighted by Gasteiger charge is 2.37. The van der Waals surface area contributed by atoms with Crippen LogP contribution in [0.15, 0.2) is 60.7 Å². The maximum Gasteiger partial charge on any atom is 0.404 e. The second-order valence-corrected chi connectivity index (χ2v) is 7.81. The number of hydrogen-bond donors (Lipinski definition) is 4. The van der Waals surface area contributed by atoms with Crippen molar-refractivity contribution in [2.24, 2.45) is 0 Å². The number of para-hydroxylation sites is 1. The zero-order valence-electron chi connectivity index (χ0n) is 17.0. The normalized spacial score (nSPS) is 15.4. The number of aromatic hydroxyl groups is 1. The Hall–Kier alpha value is -3.81. The molecule has 2 aromatic carbocycles. The minimum Gasteiger partial charge on any atom is -0.507 e. The quantitative estimate of drug-likeness (QED) is 0.500. The number of nitrogens with zero attached hydrogens (tertiary/aromatic N) is 3. The number of phenols is 1. The van der Waals surface area contributed by atoms with Crippen molar-refractivity contribution in [3.63, 3.8) is 0 Å². The zero-order valence-corrected chi connectivity index (χ0v) is 17.0. The Bertz CT molecular complexity index is 1070. The van der Waals surface area contributed by atoms with Crippen molar-refractivity contribution in [1.82, 2.24) is 15.5 Å². The van der Waals surface area contributed by atoms with Gasteiger partial charge in [0.2, 0.25) is 0 Å². The van der Waals surface area contributed by atoms with Crippen molar-refractivity contribution in [3.8, 4) is 17.0 Å². The van der Waals surface area contributed by atoms with E-state index in [1.807, 2.05) is 30.3 Å². The molecule has 1 aromatic heterocycles. The van der Waals surface area contributed by atoms with E-state index in [-0.39, 0.29) is 11.2 Å². The van der Waals surface area contributed by atoms with Gasteiger partial charge in [0.05, 0.1) is 11.4 Å². The third kappa shape index (κ3) is 4.23. The van der Waals surface area contributed by atoms with Gasteiger partial charge in [-0.05, 0) is 36.6 Å². The first-order chi connectivity index (χ1) is 15.0. The van der Waals surface area contributed by atoms with E-state index in [0.29, 0.717) is 36.7 Å². The number of nitrogens with two attached hydrogens (primary N) is 1. The van der Waals surface area contributed by atoms with Crippen LogP contribution in [-0.4, -0.2) is 46.1 Å². The molecule has 8 heteroatoms. The first-order valence-electron chi connectivity index (χ1n) is 10.2. The van der Waals surface area contributed by atoms with Crippen LogP contribution in [0.4, 0.5) is 16.3 Å². The third-order valence-electron chi connectivity index (χ3n) is 6.01. The van der Waals surface area contributed by atoms with Crippen LogP contribution in [0, 0.1) is 0 Å². The van der Waals surface area contributed by atoms with Gasteiger partial charge in [-0.3, -0.25) is 0 Å². The molecule has 5 N–H and O–H groups in total. The summed E-state index contributed by atoms with van der Waals surface area (Å²) in [4.78, 5) is 13.3. The molecule has 1 amide bonds. The molecule has 31 heavy (non-hydrogen) atoms.